The zero-order valence-electron chi connectivity index (χ0n) is 33.3. The number of carbonyl (C=O) groups excluding carboxylic acids is 4. The minimum atomic E-state index is -0.873. The summed E-state index contributed by atoms with van der Waals surface area (Å²) in [4.78, 5) is 70.9. The molecule has 58 heavy (non-hydrogen) atoms. The molecule has 5 aromatic rings. The number of likely N-dealkylation sites (tertiary alicyclic amines) is 2. The highest BCUT2D eigenvalue weighted by Gasteiger charge is 2.38. The van der Waals surface area contributed by atoms with Crippen molar-refractivity contribution in [2.75, 3.05) is 41.0 Å². The maximum absolute atomic E-state index is 13.5. The quantitative estimate of drug-likeness (QED) is 0.131. The average molecular weight is 789 g/mol. The average Bonchev–Trinajstić information content (AvgIpc) is 4.07. The Hall–Kier alpha value is -6.40. The highest BCUT2D eigenvalue weighted by atomic mass is 16.5. The van der Waals surface area contributed by atoms with Crippen molar-refractivity contribution in [3.8, 4) is 23.1 Å². The molecule has 4 N–H and O–H groups in total. The Bertz CT molecular complexity index is 2380. The lowest BCUT2D eigenvalue weighted by Crippen LogP contribution is -2.51. The number of carbonyl (C=O) groups is 4. The van der Waals surface area contributed by atoms with Crippen molar-refractivity contribution in [3.05, 3.63) is 83.6 Å². The van der Waals surface area contributed by atoms with Crippen molar-refractivity contribution < 1.29 is 33.4 Å². The molecule has 0 spiro atoms. The standard InChI is InChI=1S/C43H48N8O7/c1-25(2)36(49-43(55)58-5)41(53)51-21-6-8-34(51)38-44-23-32(46-38)28-15-12-26(13-16-28)10-11-27-14-18-30-29(22-27)17-19-31-37(30)48-39(45-31)35-9-7-20-50(35)40(52)33(24-56-3)47-42(54)57-4/h12-19,22-23,25,33-36H,6-9,20-21,24H2,1-5H3,(H,44,46)(H,45,48)(H,47,54)(H,49,55). The van der Waals surface area contributed by atoms with Gasteiger partial charge in [-0.25, -0.2) is 19.6 Å². The second kappa shape index (κ2) is 17.4. The van der Waals surface area contributed by atoms with Gasteiger partial charge in [0.1, 0.15) is 23.7 Å². The number of rotatable bonds is 10. The molecule has 2 aromatic heterocycles. The first-order chi connectivity index (χ1) is 28.1. The number of aromatic nitrogens is 4. The maximum Gasteiger partial charge on any atom is 0.407 e. The third kappa shape index (κ3) is 8.33. The molecule has 2 saturated heterocycles. The normalized spacial score (nSPS) is 17.6. The summed E-state index contributed by atoms with van der Waals surface area (Å²) in [6.07, 6.45) is 3.62. The number of fused-ring (bicyclic) bond motifs is 3. The summed E-state index contributed by atoms with van der Waals surface area (Å²) in [5.41, 5.74) is 5.17. The summed E-state index contributed by atoms with van der Waals surface area (Å²) in [7, 11) is 4.02. The molecule has 15 nitrogen and oxygen atoms in total. The number of hydrogen-bond donors (Lipinski definition) is 4. The van der Waals surface area contributed by atoms with Gasteiger partial charge in [-0.1, -0.05) is 50.0 Å². The Balaban J connectivity index is 1.03. The van der Waals surface area contributed by atoms with E-state index in [4.69, 9.17) is 19.2 Å². The number of methoxy groups -OCH3 is 3. The second-order valence-electron chi connectivity index (χ2n) is 14.9. The van der Waals surface area contributed by atoms with E-state index in [9.17, 15) is 19.2 Å². The van der Waals surface area contributed by atoms with Crippen LogP contribution in [0.4, 0.5) is 9.59 Å². The van der Waals surface area contributed by atoms with E-state index < -0.39 is 24.3 Å². The topological polar surface area (TPSA) is 184 Å². The van der Waals surface area contributed by atoms with Crippen LogP contribution in [0.25, 0.3) is 33.1 Å². The molecular formula is C43H48N8O7. The lowest BCUT2D eigenvalue weighted by Gasteiger charge is -2.30. The largest absolute Gasteiger partial charge is 0.453 e. The summed E-state index contributed by atoms with van der Waals surface area (Å²) in [6.45, 7) is 4.94. The van der Waals surface area contributed by atoms with Crippen molar-refractivity contribution in [2.45, 2.75) is 63.7 Å². The smallest absolute Gasteiger partial charge is 0.407 e. The lowest BCUT2D eigenvalue weighted by molar-refractivity contribution is -0.136. The Morgan fingerprint density at radius 1 is 0.810 bits per heavy atom. The number of aromatic amines is 2. The van der Waals surface area contributed by atoms with E-state index in [0.29, 0.717) is 24.7 Å². The van der Waals surface area contributed by atoms with Crippen molar-refractivity contribution >= 4 is 45.8 Å². The predicted octanol–water partition coefficient (Wildman–Crippen LogP) is 5.58. The molecule has 15 heteroatoms. The summed E-state index contributed by atoms with van der Waals surface area (Å²) in [5, 5.41) is 7.23. The van der Waals surface area contributed by atoms with E-state index >= 15 is 0 Å². The summed E-state index contributed by atoms with van der Waals surface area (Å²) in [5.74, 6) is 7.47. The number of alkyl carbamates (subject to hydrolysis) is 2. The van der Waals surface area contributed by atoms with Crippen LogP contribution in [0.5, 0.6) is 0 Å². The molecule has 4 unspecified atom stereocenters. The van der Waals surface area contributed by atoms with Gasteiger partial charge >= 0.3 is 12.2 Å². The maximum atomic E-state index is 13.5. The molecular weight excluding hydrogens is 741 g/mol. The summed E-state index contributed by atoms with van der Waals surface area (Å²) < 4.78 is 14.7. The minimum Gasteiger partial charge on any atom is -0.453 e. The van der Waals surface area contributed by atoms with Crippen LogP contribution in [0.2, 0.25) is 0 Å². The molecule has 2 aliphatic rings. The number of amides is 4. The number of benzene rings is 3. The molecule has 4 amide bonds. The lowest BCUT2D eigenvalue weighted by atomic mass is 10.0. The Morgan fingerprint density at radius 3 is 2.16 bits per heavy atom. The Morgan fingerprint density at radius 2 is 1.47 bits per heavy atom. The van der Waals surface area contributed by atoms with E-state index in [1.165, 1.54) is 21.3 Å². The fourth-order valence-electron chi connectivity index (χ4n) is 7.84. The Labute approximate surface area is 336 Å². The van der Waals surface area contributed by atoms with Crippen molar-refractivity contribution in [1.29, 1.82) is 0 Å². The van der Waals surface area contributed by atoms with E-state index in [0.717, 1.165) is 69.9 Å². The fourth-order valence-corrected chi connectivity index (χ4v) is 7.84. The van der Waals surface area contributed by atoms with Gasteiger partial charge in [0.2, 0.25) is 11.8 Å². The van der Waals surface area contributed by atoms with Crippen LogP contribution in [0, 0.1) is 17.8 Å². The van der Waals surface area contributed by atoms with Gasteiger partial charge in [-0.3, -0.25) is 9.59 Å². The van der Waals surface area contributed by atoms with Crippen molar-refractivity contribution in [3.63, 3.8) is 0 Å². The number of ether oxygens (including phenoxy) is 3. The van der Waals surface area contributed by atoms with E-state index in [2.05, 4.69) is 37.4 Å². The molecule has 0 radical (unpaired) electrons. The van der Waals surface area contributed by atoms with Crippen LogP contribution < -0.4 is 10.6 Å². The zero-order chi connectivity index (χ0) is 40.9. The van der Waals surface area contributed by atoms with Gasteiger partial charge < -0.3 is 44.6 Å². The zero-order valence-corrected chi connectivity index (χ0v) is 33.3. The second-order valence-corrected chi connectivity index (χ2v) is 14.9. The van der Waals surface area contributed by atoms with Gasteiger partial charge in [0, 0.05) is 36.7 Å². The van der Waals surface area contributed by atoms with Crippen LogP contribution in [0.15, 0.2) is 60.8 Å². The third-order valence-corrected chi connectivity index (χ3v) is 10.8. The Kier molecular flexibility index (Phi) is 11.9. The molecule has 3 aromatic carbocycles. The minimum absolute atomic E-state index is 0.0236. The fraction of sp³-hybridized carbons (Fsp3) is 0.395. The number of H-pyrrole nitrogens is 2. The van der Waals surface area contributed by atoms with Crippen LogP contribution in [0.1, 0.15) is 74.4 Å². The molecule has 0 bridgehead atoms. The molecule has 302 valence electrons. The van der Waals surface area contributed by atoms with Gasteiger partial charge in [-0.15, -0.1) is 0 Å². The van der Waals surface area contributed by atoms with Gasteiger partial charge in [0.25, 0.3) is 0 Å². The van der Waals surface area contributed by atoms with Crippen LogP contribution >= 0.6 is 0 Å². The van der Waals surface area contributed by atoms with Gasteiger partial charge in [-0.2, -0.15) is 0 Å². The SMILES string of the molecule is COCC(NC(=O)OC)C(=O)N1CCCC1c1nc2c(ccc3cc(C#Cc4ccc(-c5cnc(C6CCCN6C(=O)C(NC(=O)OC)C(C)C)[nH]5)cc4)ccc32)[nH]1. The summed E-state index contributed by atoms with van der Waals surface area (Å²) in [6, 6.07) is 15.9. The molecule has 0 saturated carbocycles. The first-order valence-electron chi connectivity index (χ1n) is 19.5. The van der Waals surface area contributed by atoms with Crippen LogP contribution in [-0.4, -0.2) is 107 Å². The molecule has 4 heterocycles. The molecule has 2 fully saturated rings. The van der Waals surface area contributed by atoms with Crippen LogP contribution in [0.3, 0.4) is 0 Å². The first-order valence-corrected chi connectivity index (χ1v) is 19.5. The van der Waals surface area contributed by atoms with E-state index in [-0.39, 0.29) is 36.4 Å². The third-order valence-electron chi connectivity index (χ3n) is 10.8. The van der Waals surface area contributed by atoms with Crippen LogP contribution in [-0.2, 0) is 23.8 Å². The van der Waals surface area contributed by atoms with Gasteiger partial charge in [0.15, 0.2) is 0 Å². The molecule has 7 rings (SSSR count). The van der Waals surface area contributed by atoms with Crippen molar-refractivity contribution in [2.24, 2.45) is 5.92 Å². The van der Waals surface area contributed by atoms with Crippen molar-refractivity contribution in [1.82, 2.24) is 40.4 Å². The van der Waals surface area contributed by atoms with Gasteiger partial charge in [0.05, 0.1) is 55.8 Å². The monoisotopic (exact) mass is 788 g/mol. The number of hydrogen-bond acceptors (Lipinski definition) is 9. The van der Waals surface area contributed by atoms with Gasteiger partial charge in [-0.05, 0) is 72.9 Å². The first kappa shape index (κ1) is 39.8. The summed E-state index contributed by atoms with van der Waals surface area (Å²) >= 11 is 0. The highest BCUT2D eigenvalue weighted by Crippen LogP contribution is 2.35. The highest BCUT2D eigenvalue weighted by molar-refractivity contribution is 6.04. The van der Waals surface area contributed by atoms with E-state index in [1.807, 2.05) is 68.4 Å². The number of nitrogens with one attached hydrogen (secondary N) is 4. The van der Waals surface area contributed by atoms with E-state index in [1.54, 1.807) is 16.0 Å². The molecule has 4 atom stereocenters. The molecule has 2 aliphatic heterocycles. The predicted molar refractivity (Wildman–Crippen MR) is 216 cm³/mol. The number of nitrogens with zero attached hydrogens (tertiary/aromatic N) is 4. The molecule has 0 aliphatic carbocycles. The number of imidazole rings is 2.